The van der Waals surface area contributed by atoms with Gasteiger partial charge in [0.05, 0.1) is 17.3 Å². The molecule has 0 fully saturated rings. The van der Waals surface area contributed by atoms with E-state index in [9.17, 15) is 31.0 Å². The van der Waals surface area contributed by atoms with E-state index >= 15 is 0 Å². The molecule has 5 rings (SSSR count). The zero-order valence-corrected chi connectivity index (χ0v) is 25.1. The van der Waals surface area contributed by atoms with Crippen molar-refractivity contribution in [1.29, 1.82) is 0 Å². The van der Waals surface area contributed by atoms with Crippen molar-refractivity contribution >= 4 is 82.9 Å². The Kier molecular flexibility index (Phi) is 8.64. The maximum atomic E-state index is 12.2. The van der Waals surface area contributed by atoms with Crippen LogP contribution in [0.2, 0.25) is 10.3 Å². The van der Waals surface area contributed by atoms with Gasteiger partial charge >= 0.3 is 0 Å². The second-order valence-electron chi connectivity index (χ2n) is 8.90. The Morgan fingerprint density at radius 2 is 1.45 bits per heavy atom. The molecule has 0 bridgehead atoms. The molecule has 0 atom stereocenters. The topological polar surface area (TPSA) is 216 Å². The van der Waals surface area contributed by atoms with Gasteiger partial charge in [-0.1, -0.05) is 48.0 Å². The predicted octanol–water partition coefficient (Wildman–Crippen LogP) is 6.30. The highest BCUT2D eigenvalue weighted by Crippen LogP contribution is 2.44. The summed E-state index contributed by atoms with van der Waals surface area (Å²) < 4.78 is 67.4. The molecule has 0 aliphatic rings. The summed E-state index contributed by atoms with van der Waals surface area (Å²) in [4.78, 5) is 11.1. The molecule has 0 saturated carbocycles. The first-order chi connectivity index (χ1) is 20.8. The van der Waals surface area contributed by atoms with Gasteiger partial charge in [0.1, 0.15) is 21.2 Å². The van der Waals surface area contributed by atoms with Crippen molar-refractivity contribution in [2.24, 2.45) is 10.2 Å². The number of aromatic hydroxyl groups is 1. The molecule has 0 radical (unpaired) electrons. The monoisotopic (exact) mass is 675 g/mol. The number of phenolic OH excluding ortho intramolecular Hbond substituents is 1. The fourth-order valence-corrected chi connectivity index (χ4v) is 5.73. The summed E-state index contributed by atoms with van der Waals surface area (Å²) in [7, 11) is -9.68. The van der Waals surface area contributed by atoms with E-state index in [1.54, 1.807) is 36.4 Å². The Balaban J connectivity index is 1.54. The molecule has 0 aliphatic heterocycles. The number of nitrogens with zero attached hydrogens (tertiary/aromatic N) is 5. The van der Waals surface area contributed by atoms with Crippen LogP contribution in [0.25, 0.3) is 10.8 Å². The van der Waals surface area contributed by atoms with Crippen molar-refractivity contribution in [1.82, 2.24) is 15.0 Å². The number of hydrogen-bond acceptors (Lipinski definition) is 12. The molecule has 14 nitrogen and oxygen atoms in total. The van der Waals surface area contributed by atoms with Gasteiger partial charge in [0.2, 0.25) is 11.2 Å². The van der Waals surface area contributed by atoms with Gasteiger partial charge in [0.25, 0.3) is 20.2 Å². The van der Waals surface area contributed by atoms with Crippen LogP contribution >= 0.6 is 23.2 Å². The van der Waals surface area contributed by atoms with Gasteiger partial charge in [-0.2, -0.15) is 26.8 Å². The second kappa shape index (κ2) is 12.3. The highest BCUT2D eigenvalue weighted by atomic mass is 35.5. The van der Waals surface area contributed by atoms with Crippen LogP contribution in [-0.4, -0.2) is 46.0 Å². The summed E-state index contributed by atoms with van der Waals surface area (Å²) in [5.74, 6) is -0.408. The standard InChI is InChI=1S/C26H19Cl2N7O7S2/c27-15-7-1-2-8-16(15)30-26-32-21(31-25(28)33-26)13-29-18-10-5-6-14-12-20(44(40,41)42)23(24(36)22(14)18)35-34-17-9-3-4-11-19(17)43(37,38)39/h1-12,29,36H,13H2,(H,37,38,39)(H,40,41,42)(H,30,31,32,33). The summed E-state index contributed by atoms with van der Waals surface area (Å²) in [6.45, 7) is -0.0450. The number of fused-ring (bicyclic) bond motifs is 1. The molecular formula is C26H19Cl2N7O7S2. The third-order valence-electron chi connectivity index (χ3n) is 5.97. The number of para-hydroxylation sites is 1. The lowest BCUT2D eigenvalue weighted by molar-refractivity contribution is 0.472. The van der Waals surface area contributed by atoms with E-state index < -0.39 is 41.5 Å². The molecule has 1 aromatic heterocycles. The Bertz CT molecular complexity index is 2170. The smallest absolute Gasteiger partial charge is 0.296 e. The van der Waals surface area contributed by atoms with Crippen molar-refractivity contribution in [3.8, 4) is 5.75 Å². The quantitative estimate of drug-likeness (QED) is 0.0858. The van der Waals surface area contributed by atoms with Crippen LogP contribution in [0.15, 0.2) is 92.8 Å². The molecule has 5 N–H and O–H groups in total. The molecule has 0 unspecified atom stereocenters. The predicted molar refractivity (Wildman–Crippen MR) is 163 cm³/mol. The number of aromatic nitrogens is 3. The minimum absolute atomic E-state index is 0.0450. The van der Waals surface area contributed by atoms with Gasteiger partial charge in [-0.15, -0.1) is 10.2 Å². The molecule has 1 heterocycles. The van der Waals surface area contributed by atoms with E-state index in [0.717, 1.165) is 12.1 Å². The average molecular weight is 677 g/mol. The highest BCUT2D eigenvalue weighted by Gasteiger charge is 2.24. The van der Waals surface area contributed by atoms with Crippen LogP contribution < -0.4 is 10.6 Å². The van der Waals surface area contributed by atoms with Crippen LogP contribution in [0.4, 0.5) is 28.7 Å². The van der Waals surface area contributed by atoms with Gasteiger partial charge in [-0.05, 0) is 53.4 Å². The van der Waals surface area contributed by atoms with Gasteiger partial charge in [0.15, 0.2) is 11.6 Å². The Labute approximate surface area is 260 Å². The first-order valence-corrected chi connectivity index (χ1v) is 15.8. The number of benzene rings is 4. The van der Waals surface area contributed by atoms with Crippen LogP contribution in [0.5, 0.6) is 5.75 Å². The molecule has 0 aliphatic carbocycles. The summed E-state index contributed by atoms with van der Waals surface area (Å²) in [5, 5.41) is 25.3. The van der Waals surface area contributed by atoms with E-state index in [-0.39, 0.29) is 45.7 Å². The minimum atomic E-state index is -4.96. The zero-order chi connectivity index (χ0) is 31.6. The summed E-state index contributed by atoms with van der Waals surface area (Å²) in [6.07, 6.45) is 0. The summed E-state index contributed by atoms with van der Waals surface area (Å²) in [5.41, 5.74) is -0.234. The first kappa shape index (κ1) is 31.0. The molecule has 0 amide bonds. The Hall–Kier alpha value is -4.45. The maximum absolute atomic E-state index is 12.2. The first-order valence-electron chi connectivity index (χ1n) is 12.2. The fraction of sp³-hybridized carbons (Fsp3) is 0.0385. The molecular weight excluding hydrogens is 657 g/mol. The number of azo groups is 1. The number of hydrogen-bond donors (Lipinski definition) is 5. The number of phenols is 1. The van der Waals surface area contributed by atoms with Gasteiger partial charge in [-0.25, -0.2) is 4.98 Å². The summed E-state index contributed by atoms with van der Waals surface area (Å²) >= 11 is 12.3. The molecule has 5 aromatic rings. The lowest BCUT2D eigenvalue weighted by atomic mass is 10.1. The summed E-state index contributed by atoms with van der Waals surface area (Å²) in [6, 6.07) is 17.6. The minimum Gasteiger partial charge on any atom is -0.505 e. The van der Waals surface area contributed by atoms with Crippen LogP contribution in [-0.2, 0) is 26.8 Å². The third-order valence-corrected chi connectivity index (χ3v) is 8.23. The Morgan fingerprint density at radius 3 is 2.18 bits per heavy atom. The van der Waals surface area contributed by atoms with Gasteiger partial charge < -0.3 is 15.7 Å². The zero-order valence-electron chi connectivity index (χ0n) is 21.9. The molecule has 0 spiro atoms. The van der Waals surface area contributed by atoms with E-state index in [1.165, 1.54) is 24.3 Å². The van der Waals surface area contributed by atoms with Crippen LogP contribution in [0, 0.1) is 0 Å². The molecule has 18 heteroatoms. The lowest BCUT2D eigenvalue weighted by Gasteiger charge is -2.14. The van der Waals surface area contributed by atoms with E-state index in [0.29, 0.717) is 10.7 Å². The second-order valence-corrected chi connectivity index (χ2v) is 12.4. The van der Waals surface area contributed by atoms with Crippen molar-refractivity contribution < 1.29 is 31.0 Å². The van der Waals surface area contributed by atoms with Crippen molar-refractivity contribution in [2.45, 2.75) is 16.3 Å². The van der Waals surface area contributed by atoms with Crippen LogP contribution in [0.3, 0.4) is 0 Å². The molecule has 4 aromatic carbocycles. The van der Waals surface area contributed by atoms with Crippen LogP contribution in [0.1, 0.15) is 5.82 Å². The SMILES string of the molecule is O=S(=O)(O)c1ccccc1N=Nc1c(S(=O)(=O)O)cc2cccc(NCc3nc(Cl)nc(Nc4ccccc4Cl)n3)c2c1O. The molecule has 226 valence electrons. The maximum Gasteiger partial charge on any atom is 0.296 e. The number of halogens is 2. The number of rotatable bonds is 9. The average Bonchev–Trinajstić information content (AvgIpc) is 2.95. The molecule has 0 saturated heterocycles. The Morgan fingerprint density at radius 1 is 0.773 bits per heavy atom. The van der Waals surface area contributed by atoms with Crippen molar-refractivity contribution in [2.75, 3.05) is 10.6 Å². The number of nitrogens with one attached hydrogen (secondary N) is 2. The highest BCUT2D eigenvalue weighted by molar-refractivity contribution is 7.86. The number of anilines is 3. The fourth-order valence-electron chi connectivity index (χ4n) is 4.09. The third kappa shape index (κ3) is 6.85. The van der Waals surface area contributed by atoms with Gasteiger partial charge in [0, 0.05) is 11.1 Å². The largest absolute Gasteiger partial charge is 0.505 e. The normalized spacial score (nSPS) is 12.1. The molecule has 44 heavy (non-hydrogen) atoms. The van der Waals surface area contributed by atoms with Crippen molar-refractivity contribution in [3.05, 3.63) is 88.9 Å². The van der Waals surface area contributed by atoms with E-state index in [1.807, 2.05) is 0 Å². The lowest BCUT2D eigenvalue weighted by Crippen LogP contribution is -2.09. The van der Waals surface area contributed by atoms with E-state index in [2.05, 4.69) is 35.8 Å². The van der Waals surface area contributed by atoms with Gasteiger partial charge in [-0.3, -0.25) is 9.11 Å². The van der Waals surface area contributed by atoms with E-state index in [4.69, 9.17) is 23.2 Å². The van der Waals surface area contributed by atoms with Crippen molar-refractivity contribution in [3.63, 3.8) is 0 Å².